The minimum Gasteiger partial charge on any atom is -0.370 e. The molecule has 2 aliphatic rings. The summed E-state index contributed by atoms with van der Waals surface area (Å²) in [7, 11) is 1.04. The molecule has 1 aromatic carbocycles. The summed E-state index contributed by atoms with van der Waals surface area (Å²) in [4.78, 5) is 5.87. The fourth-order valence-corrected chi connectivity index (χ4v) is 6.00. The van der Waals surface area contributed by atoms with Gasteiger partial charge < -0.3 is 15.1 Å². The third-order valence-electron chi connectivity index (χ3n) is 5.18. The van der Waals surface area contributed by atoms with Crippen molar-refractivity contribution in [2.75, 3.05) is 16.3 Å². The number of benzene rings is 1. The molecule has 0 aliphatic carbocycles. The minimum absolute atomic E-state index is 0.0399. The van der Waals surface area contributed by atoms with Crippen LogP contribution >= 0.6 is 34.9 Å². The van der Waals surface area contributed by atoms with Gasteiger partial charge in [-0.15, -0.1) is 0 Å². The molecule has 2 aromatic rings. The Labute approximate surface area is 196 Å². The van der Waals surface area contributed by atoms with Crippen LogP contribution in [0.15, 0.2) is 34.9 Å². The number of aliphatic hydroxyl groups excluding tert-OH is 2. The van der Waals surface area contributed by atoms with E-state index in [2.05, 4.69) is 4.98 Å². The van der Waals surface area contributed by atoms with Gasteiger partial charge in [-0.05, 0) is 48.7 Å². The molecule has 4 rings (SSSR count). The second-order valence-electron chi connectivity index (χ2n) is 7.26. The van der Waals surface area contributed by atoms with E-state index >= 15 is 0 Å². The average Bonchev–Trinajstić information content (AvgIpc) is 3.24. The van der Waals surface area contributed by atoms with E-state index in [1.165, 1.54) is 10.4 Å². The fourth-order valence-electron chi connectivity index (χ4n) is 3.55. The SMILES string of the molecule is CC1c2cc(N3C(O)C=C(C(F)(F)F)N(C)C3O)ccc2SN1c1nc(C(F)(F)F)c(Cl)s1. The molecule has 0 saturated heterocycles. The molecule has 33 heavy (non-hydrogen) atoms. The summed E-state index contributed by atoms with van der Waals surface area (Å²) < 4.78 is 79.8. The highest BCUT2D eigenvalue weighted by molar-refractivity contribution is 8.01. The van der Waals surface area contributed by atoms with Crippen LogP contribution in [0.1, 0.15) is 24.2 Å². The zero-order valence-corrected chi connectivity index (χ0v) is 19.1. The summed E-state index contributed by atoms with van der Waals surface area (Å²) >= 11 is 7.54. The summed E-state index contributed by atoms with van der Waals surface area (Å²) in [6.07, 6.45) is -12.5. The number of fused-ring (bicyclic) bond motifs is 1. The van der Waals surface area contributed by atoms with Crippen LogP contribution in [0.3, 0.4) is 0 Å². The van der Waals surface area contributed by atoms with Crippen LogP contribution in [-0.4, -0.2) is 45.9 Å². The molecule has 0 spiro atoms. The minimum atomic E-state index is -4.77. The molecule has 3 unspecified atom stereocenters. The van der Waals surface area contributed by atoms with Crippen molar-refractivity contribution < 1.29 is 36.6 Å². The summed E-state index contributed by atoms with van der Waals surface area (Å²) in [5.41, 5.74) is -1.51. The topological polar surface area (TPSA) is 63.1 Å². The Bertz CT molecular complexity index is 1110. The van der Waals surface area contributed by atoms with E-state index in [0.29, 0.717) is 32.8 Å². The van der Waals surface area contributed by atoms with Crippen molar-refractivity contribution in [2.45, 2.75) is 42.8 Å². The number of aromatic nitrogens is 1. The van der Waals surface area contributed by atoms with Gasteiger partial charge in [0.1, 0.15) is 10.0 Å². The van der Waals surface area contributed by atoms with Crippen LogP contribution in [0, 0.1) is 0 Å². The molecule has 6 nitrogen and oxygen atoms in total. The maximum absolute atomic E-state index is 13.2. The molecule has 0 amide bonds. The second-order valence-corrected chi connectivity index (χ2v) is 9.85. The Hall–Kier alpha value is -1.87. The monoisotopic (exact) mass is 532 g/mol. The van der Waals surface area contributed by atoms with Crippen molar-refractivity contribution in [3.8, 4) is 0 Å². The molecular weight excluding hydrogens is 518 g/mol. The van der Waals surface area contributed by atoms with Crippen molar-refractivity contribution in [1.82, 2.24) is 9.88 Å². The molecule has 3 heterocycles. The van der Waals surface area contributed by atoms with Crippen molar-refractivity contribution >= 4 is 45.7 Å². The predicted molar refractivity (Wildman–Crippen MR) is 112 cm³/mol. The summed E-state index contributed by atoms with van der Waals surface area (Å²) in [5, 5.41) is 20.8. The molecular formula is C18H15ClF6N4O2S2. The van der Waals surface area contributed by atoms with Gasteiger partial charge in [0.2, 0.25) is 6.35 Å². The smallest absolute Gasteiger partial charge is 0.370 e. The number of halogens is 7. The lowest BCUT2D eigenvalue weighted by Crippen LogP contribution is -2.56. The number of anilines is 2. The zero-order valence-electron chi connectivity index (χ0n) is 16.7. The van der Waals surface area contributed by atoms with E-state index in [1.807, 2.05) is 0 Å². The van der Waals surface area contributed by atoms with E-state index in [1.54, 1.807) is 19.1 Å². The van der Waals surface area contributed by atoms with Gasteiger partial charge in [0.05, 0.1) is 6.04 Å². The standard InChI is InChI=1S/C18H15ClF6N4O2S2/c1-7-9-5-8(28-12(30)6-11(17(20,21)22)27(2)16(28)31)3-4-10(9)33-29(7)15-26-13(14(19)32-15)18(23,24)25/h3-7,12,16,30-31H,1-2H3. The first-order valence-corrected chi connectivity index (χ1v) is 11.2. The number of thiazole rings is 1. The van der Waals surface area contributed by atoms with E-state index in [0.717, 1.165) is 23.9 Å². The quantitative estimate of drug-likeness (QED) is 0.407. The van der Waals surface area contributed by atoms with Crippen molar-refractivity contribution in [3.63, 3.8) is 0 Å². The van der Waals surface area contributed by atoms with Gasteiger partial charge in [-0.3, -0.25) is 9.21 Å². The number of aliphatic hydroxyl groups is 2. The number of hydrogen-bond donors (Lipinski definition) is 2. The largest absolute Gasteiger partial charge is 0.435 e. The highest BCUT2D eigenvalue weighted by Crippen LogP contribution is 2.51. The summed E-state index contributed by atoms with van der Waals surface area (Å²) in [5.74, 6) is 0. The number of hydrogen-bond acceptors (Lipinski definition) is 8. The number of nitrogens with zero attached hydrogens (tertiary/aromatic N) is 4. The van der Waals surface area contributed by atoms with Crippen LogP contribution in [0.2, 0.25) is 4.34 Å². The Morgan fingerprint density at radius 1 is 1.09 bits per heavy atom. The molecule has 1 aromatic heterocycles. The van der Waals surface area contributed by atoms with Crippen LogP contribution in [-0.2, 0) is 6.18 Å². The highest BCUT2D eigenvalue weighted by atomic mass is 35.5. The first-order chi connectivity index (χ1) is 15.2. The number of rotatable bonds is 2. The van der Waals surface area contributed by atoms with Crippen molar-refractivity contribution in [2.24, 2.45) is 0 Å². The lowest BCUT2D eigenvalue weighted by Gasteiger charge is -2.43. The van der Waals surface area contributed by atoms with E-state index in [4.69, 9.17) is 11.6 Å². The Kier molecular flexibility index (Phi) is 5.97. The number of allylic oxidation sites excluding steroid dienone is 1. The molecule has 3 atom stereocenters. The molecule has 0 radical (unpaired) electrons. The Morgan fingerprint density at radius 3 is 2.33 bits per heavy atom. The van der Waals surface area contributed by atoms with E-state index < -0.39 is 46.7 Å². The van der Waals surface area contributed by atoms with Crippen LogP contribution in [0.4, 0.5) is 37.2 Å². The highest BCUT2D eigenvalue weighted by Gasteiger charge is 2.45. The van der Waals surface area contributed by atoms with Crippen molar-refractivity contribution in [3.05, 3.63) is 45.6 Å². The lowest BCUT2D eigenvalue weighted by molar-refractivity contribution is -0.140. The van der Waals surface area contributed by atoms with Gasteiger partial charge in [0, 0.05) is 17.6 Å². The van der Waals surface area contributed by atoms with Crippen molar-refractivity contribution in [1.29, 1.82) is 0 Å². The summed E-state index contributed by atoms with van der Waals surface area (Å²) in [6.45, 7) is 1.71. The lowest BCUT2D eigenvalue weighted by atomic mass is 10.1. The predicted octanol–water partition coefficient (Wildman–Crippen LogP) is 5.20. The first-order valence-electron chi connectivity index (χ1n) is 9.21. The molecule has 0 bridgehead atoms. The van der Waals surface area contributed by atoms with Crippen LogP contribution in [0.5, 0.6) is 0 Å². The van der Waals surface area contributed by atoms with Gasteiger partial charge in [0.15, 0.2) is 17.1 Å². The number of alkyl halides is 6. The Balaban J connectivity index is 1.65. The van der Waals surface area contributed by atoms with Gasteiger partial charge >= 0.3 is 12.4 Å². The molecule has 15 heteroatoms. The molecule has 2 aliphatic heterocycles. The van der Waals surface area contributed by atoms with E-state index in [9.17, 15) is 36.6 Å². The van der Waals surface area contributed by atoms with E-state index in [-0.39, 0.29) is 10.8 Å². The van der Waals surface area contributed by atoms with Crippen LogP contribution in [0.25, 0.3) is 0 Å². The van der Waals surface area contributed by atoms with Gasteiger partial charge in [-0.2, -0.15) is 26.3 Å². The third kappa shape index (κ3) is 4.22. The zero-order chi connectivity index (χ0) is 24.5. The van der Waals surface area contributed by atoms with Gasteiger partial charge in [-0.1, -0.05) is 22.9 Å². The average molecular weight is 533 g/mol. The second kappa shape index (κ2) is 8.12. The van der Waals surface area contributed by atoms with Gasteiger partial charge in [0.25, 0.3) is 0 Å². The molecule has 0 saturated carbocycles. The summed E-state index contributed by atoms with van der Waals surface area (Å²) in [6, 6.07) is 4.17. The van der Waals surface area contributed by atoms with Gasteiger partial charge in [-0.25, -0.2) is 4.98 Å². The third-order valence-corrected chi connectivity index (χ3v) is 7.80. The Morgan fingerprint density at radius 2 is 1.76 bits per heavy atom. The molecule has 2 N–H and O–H groups in total. The maximum atomic E-state index is 13.2. The maximum Gasteiger partial charge on any atom is 0.435 e. The normalized spacial score (nSPS) is 23.8. The first kappa shape index (κ1) is 24.3. The fraction of sp³-hybridized carbons (Fsp3) is 0.389. The molecule has 0 fully saturated rings. The van der Waals surface area contributed by atoms with Crippen LogP contribution < -0.4 is 9.21 Å². The molecule has 180 valence electrons.